The molecule has 0 aliphatic heterocycles. The van der Waals surface area contributed by atoms with E-state index in [2.05, 4.69) is 37.5 Å². The standard InChI is InChI=1S/C28H33N5O3/c1-36-28(35)32-23-13-11-21(12-14-23)24-16-25(31-18-30-24)26(15-19-5-3-2-4-6-19)33-27(34)22-9-7-20(17-29)8-10-22/h2-6,11-14,16,18,20,22,26H,7-10,15,17,29H2,1H3,(H,32,35)(H,33,34)/t20?,22?,26-/m0/s1. The van der Waals surface area contributed by atoms with Gasteiger partial charge in [-0.1, -0.05) is 42.5 Å². The molecule has 1 fully saturated rings. The average Bonchev–Trinajstić information content (AvgIpc) is 2.93. The second-order valence-electron chi connectivity index (χ2n) is 9.23. The Bertz CT molecular complexity index is 1150. The van der Waals surface area contributed by atoms with Crippen molar-refractivity contribution in [2.45, 2.75) is 38.1 Å². The van der Waals surface area contributed by atoms with Crippen molar-refractivity contribution in [2.24, 2.45) is 17.6 Å². The second kappa shape index (κ2) is 12.3. The Balaban J connectivity index is 1.54. The highest BCUT2D eigenvalue weighted by atomic mass is 16.5. The first kappa shape index (κ1) is 25.3. The zero-order valence-corrected chi connectivity index (χ0v) is 20.5. The van der Waals surface area contributed by atoms with Crippen LogP contribution in [0.15, 0.2) is 67.0 Å². The highest BCUT2D eigenvalue weighted by Gasteiger charge is 2.28. The number of carbonyl (C=O) groups is 2. The number of hydrogen-bond acceptors (Lipinski definition) is 6. The van der Waals surface area contributed by atoms with Gasteiger partial charge in [-0.05, 0) is 68.3 Å². The quantitative estimate of drug-likeness (QED) is 0.431. The molecule has 8 nitrogen and oxygen atoms in total. The molecule has 2 amide bonds. The van der Waals surface area contributed by atoms with E-state index >= 15 is 0 Å². The van der Waals surface area contributed by atoms with Crippen molar-refractivity contribution in [3.63, 3.8) is 0 Å². The molecular weight excluding hydrogens is 454 g/mol. The second-order valence-corrected chi connectivity index (χ2v) is 9.23. The van der Waals surface area contributed by atoms with E-state index in [1.54, 1.807) is 12.1 Å². The number of anilines is 1. The van der Waals surface area contributed by atoms with Gasteiger partial charge in [0.1, 0.15) is 6.33 Å². The third-order valence-electron chi connectivity index (χ3n) is 6.81. The lowest BCUT2D eigenvalue weighted by atomic mass is 9.81. The minimum Gasteiger partial charge on any atom is -0.453 e. The Labute approximate surface area is 211 Å². The summed E-state index contributed by atoms with van der Waals surface area (Å²) in [5.41, 5.74) is 9.93. The number of hydrogen-bond donors (Lipinski definition) is 3. The maximum absolute atomic E-state index is 13.2. The molecule has 0 radical (unpaired) electrons. The number of ether oxygens (including phenoxy) is 1. The fraction of sp³-hybridized carbons (Fsp3) is 0.357. The van der Waals surface area contributed by atoms with Crippen molar-refractivity contribution in [3.8, 4) is 11.3 Å². The fourth-order valence-electron chi connectivity index (χ4n) is 4.64. The molecular formula is C28H33N5O3. The first-order valence-electron chi connectivity index (χ1n) is 12.4. The molecule has 0 saturated heterocycles. The van der Waals surface area contributed by atoms with Crippen molar-refractivity contribution in [3.05, 3.63) is 78.2 Å². The van der Waals surface area contributed by atoms with Crippen molar-refractivity contribution in [1.29, 1.82) is 0 Å². The van der Waals surface area contributed by atoms with E-state index in [-0.39, 0.29) is 17.9 Å². The SMILES string of the molecule is COC(=O)Nc1ccc(-c2cc([C@H](Cc3ccccc3)NC(=O)C3CCC(CN)CC3)ncn2)cc1. The molecule has 0 bridgehead atoms. The molecule has 1 atom stereocenters. The third kappa shape index (κ3) is 6.66. The first-order valence-corrected chi connectivity index (χ1v) is 12.4. The average molecular weight is 488 g/mol. The molecule has 1 aromatic heterocycles. The Kier molecular flexibility index (Phi) is 8.62. The number of rotatable bonds is 8. The molecule has 36 heavy (non-hydrogen) atoms. The molecule has 8 heteroatoms. The normalized spacial score (nSPS) is 18.2. The van der Waals surface area contributed by atoms with E-state index in [1.807, 2.05) is 36.4 Å². The lowest BCUT2D eigenvalue weighted by Crippen LogP contribution is -2.37. The highest BCUT2D eigenvalue weighted by molar-refractivity contribution is 5.85. The topological polar surface area (TPSA) is 119 Å². The van der Waals surface area contributed by atoms with Crippen LogP contribution in [0.3, 0.4) is 0 Å². The smallest absolute Gasteiger partial charge is 0.411 e. The van der Waals surface area contributed by atoms with Crippen LogP contribution in [-0.4, -0.2) is 35.6 Å². The van der Waals surface area contributed by atoms with Crippen LogP contribution < -0.4 is 16.4 Å². The Morgan fingerprint density at radius 1 is 1.03 bits per heavy atom. The third-order valence-corrected chi connectivity index (χ3v) is 6.81. The van der Waals surface area contributed by atoms with Crippen LogP contribution in [0, 0.1) is 11.8 Å². The molecule has 3 aromatic rings. The number of benzene rings is 2. The molecule has 4 N–H and O–H groups in total. The zero-order valence-electron chi connectivity index (χ0n) is 20.5. The molecule has 1 heterocycles. The Morgan fingerprint density at radius 3 is 2.42 bits per heavy atom. The molecule has 1 aliphatic rings. The highest BCUT2D eigenvalue weighted by Crippen LogP contribution is 2.30. The van der Waals surface area contributed by atoms with E-state index in [4.69, 9.17) is 5.73 Å². The van der Waals surface area contributed by atoms with Gasteiger partial charge in [0.2, 0.25) is 5.91 Å². The summed E-state index contributed by atoms with van der Waals surface area (Å²) in [4.78, 5) is 33.7. The Morgan fingerprint density at radius 2 is 1.75 bits per heavy atom. The van der Waals surface area contributed by atoms with Crippen molar-refractivity contribution in [2.75, 3.05) is 19.0 Å². The van der Waals surface area contributed by atoms with E-state index < -0.39 is 6.09 Å². The monoisotopic (exact) mass is 487 g/mol. The van der Waals surface area contributed by atoms with Crippen LogP contribution in [-0.2, 0) is 16.0 Å². The molecule has 188 valence electrons. The summed E-state index contributed by atoms with van der Waals surface area (Å²) in [6.45, 7) is 0.689. The number of methoxy groups -OCH3 is 1. The number of nitrogens with zero attached hydrogens (tertiary/aromatic N) is 2. The van der Waals surface area contributed by atoms with E-state index in [0.717, 1.165) is 48.2 Å². The van der Waals surface area contributed by atoms with Crippen molar-refractivity contribution < 1.29 is 14.3 Å². The number of aromatic nitrogens is 2. The Hall–Kier alpha value is -3.78. The first-order chi connectivity index (χ1) is 17.6. The van der Waals surface area contributed by atoms with Crippen LogP contribution in [0.1, 0.15) is 43.0 Å². The van der Waals surface area contributed by atoms with Gasteiger partial charge < -0.3 is 15.8 Å². The predicted molar refractivity (Wildman–Crippen MR) is 139 cm³/mol. The molecule has 2 aromatic carbocycles. The number of amides is 2. The summed E-state index contributed by atoms with van der Waals surface area (Å²) in [7, 11) is 1.32. The molecule has 1 aliphatic carbocycles. The minimum atomic E-state index is -0.525. The molecule has 1 saturated carbocycles. The summed E-state index contributed by atoms with van der Waals surface area (Å²) in [6.07, 6.45) is 5.36. The largest absolute Gasteiger partial charge is 0.453 e. The maximum Gasteiger partial charge on any atom is 0.411 e. The van der Waals surface area contributed by atoms with Crippen LogP contribution in [0.5, 0.6) is 0 Å². The molecule has 0 spiro atoms. The van der Waals surface area contributed by atoms with E-state index in [0.29, 0.717) is 24.6 Å². The summed E-state index contributed by atoms with van der Waals surface area (Å²) in [5.74, 6) is 0.597. The van der Waals surface area contributed by atoms with Crippen molar-refractivity contribution >= 4 is 17.7 Å². The van der Waals surface area contributed by atoms with Gasteiger partial charge in [0.05, 0.1) is 24.5 Å². The molecule has 4 rings (SSSR count). The van der Waals surface area contributed by atoms with E-state index in [9.17, 15) is 9.59 Å². The lowest BCUT2D eigenvalue weighted by Gasteiger charge is -2.28. The van der Waals surface area contributed by atoms with Crippen LogP contribution in [0.2, 0.25) is 0 Å². The number of nitrogens with one attached hydrogen (secondary N) is 2. The number of nitrogens with two attached hydrogens (primary N) is 1. The van der Waals surface area contributed by atoms with Gasteiger partial charge in [-0.2, -0.15) is 0 Å². The van der Waals surface area contributed by atoms with Gasteiger partial charge in [0.15, 0.2) is 0 Å². The zero-order chi connectivity index (χ0) is 25.3. The molecule has 0 unspecified atom stereocenters. The lowest BCUT2D eigenvalue weighted by molar-refractivity contribution is -0.127. The summed E-state index contributed by atoms with van der Waals surface area (Å²) in [5, 5.41) is 5.92. The summed E-state index contributed by atoms with van der Waals surface area (Å²) >= 11 is 0. The van der Waals surface area contributed by atoms with Crippen molar-refractivity contribution in [1.82, 2.24) is 15.3 Å². The predicted octanol–water partition coefficient (Wildman–Crippen LogP) is 4.49. The number of carbonyl (C=O) groups excluding carboxylic acids is 2. The fourth-order valence-corrected chi connectivity index (χ4v) is 4.64. The van der Waals surface area contributed by atoms with Gasteiger partial charge in [0.25, 0.3) is 0 Å². The summed E-state index contributed by atoms with van der Waals surface area (Å²) in [6, 6.07) is 19.0. The van der Waals surface area contributed by atoms with E-state index in [1.165, 1.54) is 13.4 Å². The van der Waals surface area contributed by atoms with Gasteiger partial charge in [-0.3, -0.25) is 10.1 Å². The summed E-state index contributed by atoms with van der Waals surface area (Å²) < 4.78 is 4.64. The minimum absolute atomic E-state index is 0.00207. The van der Waals surface area contributed by atoms with Gasteiger partial charge in [-0.25, -0.2) is 14.8 Å². The van der Waals surface area contributed by atoms with Crippen LogP contribution in [0.25, 0.3) is 11.3 Å². The van der Waals surface area contributed by atoms with Gasteiger partial charge >= 0.3 is 6.09 Å². The van der Waals surface area contributed by atoms with Gasteiger partial charge in [-0.15, -0.1) is 0 Å². The van der Waals surface area contributed by atoms with Gasteiger partial charge in [0, 0.05) is 17.2 Å². The van der Waals surface area contributed by atoms with Crippen LogP contribution >= 0.6 is 0 Å². The van der Waals surface area contributed by atoms with Crippen LogP contribution in [0.4, 0.5) is 10.5 Å². The maximum atomic E-state index is 13.2.